The van der Waals surface area contributed by atoms with Crippen molar-refractivity contribution in [1.82, 2.24) is 14.7 Å². The van der Waals surface area contributed by atoms with Gasteiger partial charge in [-0.1, -0.05) is 11.2 Å². The molecule has 1 amide bonds. The number of aryl methyl sites for hydroxylation is 2. The lowest BCUT2D eigenvalue weighted by Gasteiger charge is -2.37. The molecule has 10 heteroatoms. The first-order chi connectivity index (χ1) is 18.9. The van der Waals surface area contributed by atoms with Gasteiger partial charge in [0.15, 0.2) is 11.6 Å². The molecule has 1 saturated carbocycles. The Morgan fingerprint density at radius 1 is 1.00 bits per heavy atom. The molecule has 2 aromatic heterocycles. The molecular weight excluding hydrogens is 506 g/mol. The van der Waals surface area contributed by atoms with E-state index in [9.17, 15) is 13.6 Å². The van der Waals surface area contributed by atoms with Crippen LogP contribution in [0.25, 0.3) is 22.2 Å². The van der Waals surface area contributed by atoms with Crippen LogP contribution in [0.15, 0.2) is 40.9 Å². The smallest absolute Gasteiger partial charge is 0.414 e. The van der Waals surface area contributed by atoms with Gasteiger partial charge in [0, 0.05) is 31.2 Å². The summed E-state index contributed by atoms with van der Waals surface area (Å²) in [7, 11) is 1.74. The predicted octanol–water partition coefficient (Wildman–Crippen LogP) is 6.80. The van der Waals surface area contributed by atoms with E-state index < -0.39 is 23.8 Å². The van der Waals surface area contributed by atoms with E-state index in [1.54, 1.807) is 7.11 Å². The monoisotopic (exact) mass is 536 g/mol. The van der Waals surface area contributed by atoms with Gasteiger partial charge in [-0.25, -0.2) is 18.6 Å². The summed E-state index contributed by atoms with van der Waals surface area (Å²) in [6.07, 6.45) is 3.67. The molecule has 2 aliphatic rings. The maximum absolute atomic E-state index is 14.2. The van der Waals surface area contributed by atoms with E-state index in [1.165, 1.54) is 11.0 Å². The topological polar surface area (TPSA) is 82.6 Å². The van der Waals surface area contributed by atoms with Crippen molar-refractivity contribution in [3.8, 4) is 11.1 Å². The molecule has 6 rings (SSSR count). The predicted molar refractivity (Wildman–Crippen MR) is 141 cm³/mol. The Hall–Kier alpha value is -3.79. The zero-order valence-electron chi connectivity index (χ0n) is 22.1. The van der Waals surface area contributed by atoms with Crippen molar-refractivity contribution in [2.75, 3.05) is 18.6 Å². The second-order valence-corrected chi connectivity index (χ2v) is 10.3. The molecule has 0 N–H and O–H groups in total. The molecule has 1 aliphatic carbocycles. The first kappa shape index (κ1) is 25.5. The van der Waals surface area contributed by atoms with Gasteiger partial charge in [0.25, 0.3) is 0 Å². The van der Waals surface area contributed by atoms with Gasteiger partial charge < -0.3 is 18.6 Å². The number of halogens is 2. The number of hydrogen-bond acceptors (Lipinski definition) is 6. The summed E-state index contributed by atoms with van der Waals surface area (Å²) >= 11 is 0. The first-order valence-electron chi connectivity index (χ1n) is 13.2. The lowest BCUT2D eigenvalue weighted by atomic mass is 9.92. The highest BCUT2D eigenvalue weighted by atomic mass is 19.2. The van der Waals surface area contributed by atoms with Gasteiger partial charge in [-0.3, -0.25) is 4.90 Å². The number of rotatable bonds is 5. The number of cyclic esters (lactones) is 1. The number of anilines is 1. The maximum Gasteiger partial charge on any atom is 0.414 e. The zero-order chi connectivity index (χ0) is 27.3. The van der Waals surface area contributed by atoms with Crippen molar-refractivity contribution in [2.45, 2.75) is 64.1 Å². The minimum Gasteiger partial charge on any atom is -0.449 e. The van der Waals surface area contributed by atoms with Crippen molar-refractivity contribution in [3.05, 3.63) is 65.3 Å². The van der Waals surface area contributed by atoms with E-state index in [1.807, 2.05) is 26.0 Å². The molecule has 0 bridgehead atoms. The highest BCUT2D eigenvalue weighted by Crippen LogP contribution is 2.41. The quantitative estimate of drug-likeness (QED) is 0.279. The lowest BCUT2D eigenvalue weighted by Crippen LogP contribution is -2.42. The molecule has 1 atom stereocenters. The molecule has 2 aromatic carbocycles. The van der Waals surface area contributed by atoms with Crippen LogP contribution in [0.2, 0.25) is 0 Å². The fourth-order valence-electron chi connectivity index (χ4n) is 6.07. The second kappa shape index (κ2) is 10.1. The van der Waals surface area contributed by atoms with E-state index >= 15 is 0 Å². The number of imidazole rings is 1. The summed E-state index contributed by atoms with van der Waals surface area (Å²) in [6.45, 7) is 3.99. The van der Waals surface area contributed by atoms with Gasteiger partial charge >= 0.3 is 6.09 Å². The fraction of sp³-hybridized carbons (Fsp3) is 0.414. The number of benzene rings is 2. The molecule has 2 fully saturated rings. The number of nitrogens with zero attached hydrogens (tertiary/aromatic N) is 4. The van der Waals surface area contributed by atoms with Crippen LogP contribution in [0.3, 0.4) is 0 Å². The van der Waals surface area contributed by atoms with Crippen LogP contribution in [-0.4, -0.2) is 40.6 Å². The van der Waals surface area contributed by atoms with Crippen molar-refractivity contribution in [1.29, 1.82) is 0 Å². The number of fused-ring (bicyclic) bond motifs is 1. The molecule has 204 valence electrons. The van der Waals surface area contributed by atoms with Gasteiger partial charge in [0.05, 0.1) is 35.1 Å². The normalized spacial score (nSPS) is 21.9. The second-order valence-electron chi connectivity index (χ2n) is 10.3. The average Bonchev–Trinajstić information content (AvgIpc) is 3.48. The third kappa shape index (κ3) is 4.46. The van der Waals surface area contributed by atoms with Crippen molar-refractivity contribution < 1.29 is 27.6 Å². The van der Waals surface area contributed by atoms with Crippen LogP contribution in [0.4, 0.5) is 19.3 Å². The highest BCUT2D eigenvalue weighted by Gasteiger charge is 2.38. The Balaban J connectivity index is 1.50. The van der Waals surface area contributed by atoms with E-state index in [-0.39, 0.29) is 24.4 Å². The Bertz CT molecular complexity index is 1520. The molecular formula is C29H30F2N4O4. The fourth-order valence-corrected chi connectivity index (χ4v) is 6.07. The number of carbonyl (C=O) groups excluding carboxylic acids is 1. The number of aromatic nitrogens is 3. The lowest BCUT2D eigenvalue weighted by molar-refractivity contribution is 0.0582. The van der Waals surface area contributed by atoms with Gasteiger partial charge in [-0.15, -0.1) is 0 Å². The molecule has 0 radical (unpaired) electrons. The summed E-state index contributed by atoms with van der Waals surface area (Å²) in [6, 6.07) is 9.18. The van der Waals surface area contributed by atoms with E-state index in [4.69, 9.17) is 19.0 Å². The standard InChI is InChI=1S/C29H30F2N4O4/c1-16-27(17(2)39-33-16)18-4-11-25-24(14-18)32-28(34(25)19-5-8-21(37-3)9-6-19)26-12-13-38-29(36)35(26)20-7-10-22(30)23(31)15-20/h4,7,10-11,14-15,19,21,26H,5-6,8-9,12-13H2,1-3H3/t19?,21?,26-/m1/s1. The van der Waals surface area contributed by atoms with E-state index in [0.717, 1.165) is 71.4 Å². The van der Waals surface area contributed by atoms with Crippen LogP contribution < -0.4 is 4.90 Å². The summed E-state index contributed by atoms with van der Waals surface area (Å²) in [5.41, 5.74) is 4.62. The maximum atomic E-state index is 14.2. The molecule has 3 heterocycles. The van der Waals surface area contributed by atoms with Gasteiger partial charge in [-0.2, -0.15) is 0 Å². The third-order valence-corrected chi connectivity index (χ3v) is 7.99. The van der Waals surface area contributed by atoms with Crippen molar-refractivity contribution in [3.63, 3.8) is 0 Å². The van der Waals surface area contributed by atoms with Crippen molar-refractivity contribution in [2.24, 2.45) is 0 Å². The number of carbonyl (C=O) groups is 1. The van der Waals surface area contributed by atoms with Crippen LogP contribution >= 0.6 is 0 Å². The van der Waals surface area contributed by atoms with Crippen molar-refractivity contribution >= 4 is 22.8 Å². The number of amides is 1. The van der Waals surface area contributed by atoms with Gasteiger partial charge in [-0.05, 0) is 69.4 Å². The Labute approximate surface area is 224 Å². The molecule has 0 spiro atoms. The number of methoxy groups -OCH3 is 1. The number of hydrogen-bond donors (Lipinski definition) is 0. The molecule has 1 aliphatic heterocycles. The van der Waals surface area contributed by atoms with Crippen LogP contribution in [0.1, 0.15) is 61.5 Å². The minimum atomic E-state index is -1.03. The Morgan fingerprint density at radius 3 is 2.49 bits per heavy atom. The first-order valence-corrected chi connectivity index (χ1v) is 13.2. The largest absolute Gasteiger partial charge is 0.449 e. The molecule has 0 unspecified atom stereocenters. The van der Waals surface area contributed by atoms with Crippen LogP contribution in [0, 0.1) is 25.5 Å². The molecule has 4 aromatic rings. The third-order valence-electron chi connectivity index (χ3n) is 7.99. The molecule has 1 saturated heterocycles. The van der Waals surface area contributed by atoms with E-state index in [0.29, 0.717) is 12.2 Å². The van der Waals surface area contributed by atoms with Gasteiger partial charge in [0.1, 0.15) is 17.6 Å². The Kier molecular flexibility index (Phi) is 6.58. The summed E-state index contributed by atoms with van der Waals surface area (Å²) < 4.78 is 46.6. The summed E-state index contributed by atoms with van der Waals surface area (Å²) in [5, 5.41) is 4.09. The summed E-state index contributed by atoms with van der Waals surface area (Å²) in [4.78, 5) is 19.5. The number of ether oxygens (including phenoxy) is 2. The Morgan fingerprint density at radius 2 is 1.79 bits per heavy atom. The average molecular weight is 537 g/mol. The summed E-state index contributed by atoms with van der Waals surface area (Å²) in [5.74, 6) is -0.582. The van der Waals surface area contributed by atoms with E-state index in [2.05, 4.69) is 15.8 Å². The van der Waals surface area contributed by atoms with Crippen LogP contribution in [0.5, 0.6) is 0 Å². The zero-order valence-corrected chi connectivity index (χ0v) is 22.1. The minimum absolute atomic E-state index is 0.145. The molecule has 39 heavy (non-hydrogen) atoms. The van der Waals surface area contributed by atoms with Gasteiger partial charge in [0.2, 0.25) is 0 Å². The van der Waals surface area contributed by atoms with Crippen LogP contribution in [-0.2, 0) is 9.47 Å². The molecule has 8 nitrogen and oxygen atoms in total. The highest BCUT2D eigenvalue weighted by molar-refractivity contribution is 5.90. The SMILES string of the molecule is COC1CCC(n2c([C@H]3CCOC(=O)N3c3ccc(F)c(F)c3)nc3cc(-c4c(C)noc4C)ccc32)CC1.